The van der Waals surface area contributed by atoms with Gasteiger partial charge in [-0.3, -0.25) is 4.68 Å². The predicted octanol–water partition coefficient (Wildman–Crippen LogP) is 3.79. The van der Waals surface area contributed by atoms with E-state index >= 15 is 0 Å². The number of rotatable bonds is 4. The van der Waals surface area contributed by atoms with E-state index in [0.29, 0.717) is 27.8 Å². The van der Waals surface area contributed by atoms with Crippen LogP contribution in [-0.4, -0.2) is 9.78 Å². The van der Waals surface area contributed by atoms with Crippen LogP contribution in [0.15, 0.2) is 24.4 Å². The first-order valence-electron chi connectivity index (χ1n) is 5.96. The van der Waals surface area contributed by atoms with E-state index in [9.17, 15) is 4.39 Å². The Kier molecular flexibility index (Phi) is 4.45. The SMILES string of the molecule is CCCn1ncc(Cl)c1C(N)c1cc(Cl)ccc1F. The number of nitrogens with two attached hydrogens (primary N) is 1. The van der Waals surface area contributed by atoms with Gasteiger partial charge in [0.2, 0.25) is 0 Å². The molecule has 1 heterocycles. The fraction of sp³-hybridized carbons (Fsp3) is 0.308. The lowest BCUT2D eigenvalue weighted by Crippen LogP contribution is -2.19. The molecule has 3 nitrogen and oxygen atoms in total. The molecular weight excluding hydrogens is 288 g/mol. The van der Waals surface area contributed by atoms with Gasteiger partial charge in [0.15, 0.2) is 0 Å². The Balaban J connectivity index is 2.46. The highest BCUT2D eigenvalue weighted by Gasteiger charge is 2.21. The van der Waals surface area contributed by atoms with Crippen LogP contribution in [0.5, 0.6) is 0 Å². The summed E-state index contributed by atoms with van der Waals surface area (Å²) in [6.07, 6.45) is 2.41. The molecule has 0 saturated carbocycles. The van der Waals surface area contributed by atoms with E-state index in [1.54, 1.807) is 4.68 Å². The Bertz CT molecular complexity index is 583. The average Bonchev–Trinajstić information content (AvgIpc) is 2.73. The first-order chi connectivity index (χ1) is 9.04. The van der Waals surface area contributed by atoms with E-state index in [2.05, 4.69) is 5.10 Å². The Morgan fingerprint density at radius 3 is 2.84 bits per heavy atom. The second-order valence-electron chi connectivity index (χ2n) is 4.24. The highest BCUT2D eigenvalue weighted by atomic mass is 35.5. The van der Waals surface area contributed by atoms with Crippen LogP contribution in [0, 0.1) is 5.82 Å². The smallest absolute Gasteiger partial charge is 0.128 e. The fourth-order valence-corrected chi connectivity index (χ4v) is 2.41. The molecule has 1 aromatic carbocycles. The molecule has 2 rings (SSSR count). The summed E-state index contributed by atoms with van der Waals surface area (Å²) in [4.78, 5) is 0. The average molecular weight is 302 g/mol. The Labute approximate surface area is 121 Å². The number of hydrogen-bond donors (Lipinski definition) is 1. The molecule has 0 bridgehead atoms. The number of hydrogen-bond acceptors (Lipinski definition) is 2. The molecule has 0 aliphatic heterocycles. The third kappa shape index (κ3) is 2.91. The summed E-state index contributed by atoms with van der Waals surface area (Å²) in [7, 11) is 0. The summed E-state index contributed by atoms with van der Waals surface area (Å²) < 4.78 is 15.6. The molecule has 102 valence electrons. The van der Waals surface area contributed by atoms with E-state index in [1.807, 2.05) is 6.92 Å². The van der Waals surface area contributed by atoms with Crippen LogP contribution < -0.4 is 5.73 Å². The zero-order valence-electron chi connectivity index (χ0n) is 10.4. The molecule has 1 unspecified atom stereocenters. The molecule has 0 aliphatic carbocycles. The van der Waals surface area contributed by atoms with Gasteiger partial charge in [-0.05, 0) is 24.6 Å². The van der Waals surface area contributed by atoms with E-state index in [0.717, 1.165) is 6.42 Å². The van der Waals surface area contributed by atoms with Crippen molar-refractivity contribution in [2.24, 2.45) is 5.73 Å². The summed E-state index contributed by atoms with van der Waals surface area (Å²) in [5.74, 6) is -0.405. The Morgan fingerprint density at radius 1 is 1.42 bits per heavy atom. The quantitative estimate of drug-likeness (QED) is 0.934. The van der Waals surface area contributed by atoms with Crippen molar-refractivity contribution in [2.75, 3.05) is 0 Å². The van der Waals surface area contributed by atoms with Gasteiger partial charge >= 0.3 is 0 Å². The Hall–Kier alpha value is -1.10. The van der Waals surface area contributed by atoms with Crippen LogP contribution in [0.1, 0.15) is 30.6 Å². The zero-order valence-corrected chi connectivity index (χ0v) is 11.9. The lowest BCUT2D eigenvalue weighted by Gasteiger charge is -2.16. The van der Waals surface area contributed by atoms with Crippen LogP contribution in [0.25, 0.3) is 0 Å². The van der Waals surface area contributed by atoms with Crippen molar-refractivity contribution in [1.82, 2.24) is 9.78 Å². The fourth-order valence-electron chi connectivity index (χ4n) is 1.97. The van der Waals surface area contributed by atoms with Gasteiger partial charge in [-0.2, -0.15) is 5.10 Å². The predicted molar refractivity (Wildman–Crippen MR) is 75.0 cm³/mol. The summed E-state index contributed by atoms with van der Waals surface area (Å²) in [5.41, 5.74) is 7.03. The lowest BCUT2D eigenvalue weighted by atomic mass is 10.0. The number of aryl methyl sites for hydroxylation is 1. The normalized spacial score (nSPS) is 12.7. The van der Waals surface area contributed by atoms with Gasteiger partial charge < -0.3 is 5.73 Å². The molecule has 0 amide bonds. The molecule has 6 heteroatoms. The van der Waals surface area contributed by atoms with Gasteiger partial charge in [-0.1, -0.05) is 30.1 Å². The number of benzene rings is 1. The second kappa shape index (κ2) is 5.90. The van der Waals surface area contributed by atoms with Gasteiger partial charge in [-0.15, -0.1) is 0 Å². The van der Waals surface area contributed by atoms with Crippen molar-refractivity contribution in [2.45, 2.75) is 25.9 Å². The molecule has 0 radical (unpaired) electrons. The monoisotopic (exact) mass is 301 g/mol. The summed E-state index contributed by atoms with van der Waals surface area (Å²) >= 11 is 12.0. The molecule has 0 aliphatic rings. The van der Waals surface area contributed by atoms with Gasteiger partial charge in [0.25, 0.3) is 0 Å². The van der Waals surface area contributed by atoms with Crippen molar-refractivity contribution >= 4 is 23.2 Å². The molecule has 0 spiro atoms. The van der Waals surface area contributed by atoms with E-state index in [1.165, 1.54) is 24.4 Å². The van der Waals surface area contributed by atoms with Crippen LogP contribution in [0.2, 0.25) is 10.0 Å². The largest absolute Gasteiger partial charge is 0.319 e. The van der Waals surface area contributed by atoms with Crippen molar-refractivity contribution < 1.29 is 4.39 Å². The first-order valence-corrected chi connectivity index (χ1v) is 6.72. The van der Waals surface area contributed by atoms with Crippen molar-refractivity contribution in [3.63, 3.8) is 0 Å². The van der Waals surface area contributed by atoms with E-state index in [-0.39, 0.29) is 0 Å². The van der Waals surface area contributed by atoms with Crippen LogP contribution in [-0.2, 0) is 6.54 Å². The minimum Gasteiger partial charge on any atom is -0.319 e. The summed E-state index contributed by atoms with van der Waals surface area (Å²) in [6, 6.07) is 3.60. The third-order valence-corrected chi connectivity index (χ3v) is 3.38. The molecule has 1 aromatic heterocycles. The van der Waals surface area contributed by atoms with Crippen molar-refractivity contribution in [3.05, 3.63) is 51.5 Å². The second-order valence-corrected chi connectivity index (χ2v) is 5.09. The summed E-state index contributed by atoms with van der Waals surface area (Å²) in [5, 5.41) is 5.02. The molecule has 2 N–H and O–H groups in total. The molecule has 2 aromatic rings. The third-order valence-electron chi connectivity index (χ3n) is 2.86. The minimum atomic E-state index is -0.694. The number of halogens is 3. The number of aromatic nitrogens is 2. The standard InChI is InChI=1S/C13H14Cl2FN3/c1-2-5-19-13(10(15)7-18-19)12(17)9-6-8(14)3-4-11(9)16/h3-4,6-7,12H,2,5,17H2,1H3. The Morgan fingerprint density at radius 2 is 2.16 bits per heavy atom. The van der Waals surface area contributed by atoms with Crippen molar-refractivity contribution in [3.8, 4) is 0 Å². The van der Waals surface area contributed by atoms with E-state index < -0.39 is 11.9 Å². The molecule has 1 atom stereocenters. The minimum absolute atomic E-state index is 0.312. The highest BCUT2D eigenvalue weighted by molar-refractivity contribution is 6.31. The first kappa shape index (κ1) is 14.3. The zero-order chi connectivity index (χ0) is 14.0. The van der Waals surface area contributed by atoms with Crippen LogP contribution >= 0.6 is 23.2 Å². The maximum atomic E-state index is 13.8. The summed E-state index contributed by atoms with van der Waals surface area (Å²) in [6.45, 7) is 2.70. The van der Waals surface area contributed by atoms with Gasteiger partial charge in [-0.25, -0.2) is 4.39 Å². The van der Waals surface area contributed by atoms with Gasteiger partial charge in [0.1, 0.15) is 5.82 Å². The maximum Gasteiger partial charge on any atom is 0.128 e. The van der Waals surface area contributed by atoms with Crippen molar-refractivity contribution in [1.29, 1.82) is 0 Å². The molecule has 0 saturated heterocycles. The lowest BCUT2D eigenvalue weighted by molar-refractivity contribution is 0.545. The molecular formula is C13H14Cl2FN3. The van der Waals surface area contributed by atoms with E-state index in [4.69, 9.17) is 28.9 Å². The van der Waals surface area contributed by atoms with Gasteiger partial charge in [0.05, 0.1) is 23.0 Å². The maximum absolute atomic E-state index is 13.8. The van der Waals surface area contributed by atoms with Crippen LogP contribution in [0.4, 0.5) is 4.39 Å². The number of nitrogens with zero attached hydrogens (tertiary/aromatic N) is 2. The molecule has 19 heavy (non-hydrogen) atoms. The molecule has 0 fully saturated rings. The van der Waals surface area contributed by atoms with Gasteiger partial charge in [0, 0.05) is 17.1 Å². The van der Waals surface area contributed by atoms with Crippen LogP contribution in [0.3, 0.4) is 0 Å². The highest BCUT2D eigenvalue weighted by Crippen LogP contribution is 2.29. The topological polar surface area (TPSA) is 43.8 Å².